The molecule has 1 aliphatic heterocycles. The zero-order chi connectivity index (χ0) is 12.4. The van der Waals surface area contributed by atoms with Gasteiger partial charge in [-0.25, -0.2) is 4.68 Å². The van der Waals surface area contributed by atoms with Crippen LogP contribution in [0, 0.1) is 0 Å². The second-order valence-electron chi connectivity index (χ2n) is 4.43. The van der Waals surface area contributed by atoms with E-state index in [0.717, 1.165) is 31.3 Å². The minimum absolute atomic E-state index is 0.410. The summed E-state index contributed by atoms with van der Waals surface area (Å²) in [6, 6.07) is 4.10. The van der Waals surface area contributed by atoms with Gasteiger partial charge in [0, 0.05) is 31.3 Å². The first-order valence-corrected chi connectivity index (χ1v) is 6.14. The van der Waals surface area contributed by atoms with Gasteiger partial charge in [-0.15, -0.1) is 0 Å². The molecule has 3 heterocycles. The average Bonchev–Trinajstić information content (AvgIpc) is 2.81. The van der Waals surface area contributed by atoms with Gasteiger partial charge in [-0.2, -0.15) is 10.1 Å². The van der Waals surface area contributed by atoms with Crippen LogP contribution in [0.3, 0.4) is 0 Å². The Morgan fingerprint density at radius 3 is 3.00 bits per heavy atom. The molecule has 1 aliphatic rings. The maximum Gasteiger partial charge on any atom is 0.221 e. The van der Waals surface area contributed by atoms with Crippen molar-refractivity contribution in [3.8, 4) is 0 Å². The molecular formula is C12H16N6. The maximum absolute atomic E-state index is 5.52. The van der Waals surface area contributed by atoms with Crippen molar-refractivity contribution in [2.75, 3.05) is 18.4 Å². The topological polar surface area (TPSA) is 81.7 Å². The zero-order valence-corrected chi connectivity index (χ0v) is 10.1. The third kappa shape index (κ3) is 2.06. The van der Waals surface area contributed by atoms with Gasteiger partial charge in [-0.1, -0.05) is 0 Å². The van der Waals surface area contributed by atoms with Crippen molar-refractivity contribution in [1.82, 2.24) is 19.7 Å². The van der Waals surface area contributed by atoms with Crippen LogP contribution in [0.4, 0.5) is 5.95 Å². The summed E-state index contributed by atoms with van der Waals surface area (Å²) in [7, 11) is 0. The van der Waals surface area contributed by atoms with Gasteiger partial charge in [0.05, 0.1) is 6.54 Å². The molecule has 18 heavy (non-hydrogen) atoms. The number of fused-ring (bicyclic) bond motifs is 1. The molecule has 3 rings (SSSR count). The van der Waals surface area contributed by atoms with Crippen LogP contribution in [-0.4, -0.2) is 32.8 Å². The molecule has 0 fully saturated rings. The number of anilines is 1. The van der Waals surface area contributed by atoms with E-state index < -0.39 is 0 Å². The van der Waals surface area contributed by atoms with E-state index in [2.05, 4.69) is 32.5 Å². The zero-order valence-electron chi connectivity index (χ0n) is 10.1. The van der Waals surface area contributed by atoms with Crippen LogP contribution in [-0.2, 0) is 13.0 Å². The van der Waals surface area contributed by atoms with Crippen molar-refractivity contribution in [3.63, 3.8) is 0 Å². The highest BCUT2D eigenvalue weighted by Crippen LogP contribution is 2.23. The standard InChI is InChI=1S/C12H16N6/c13-4-1-11-16-12-15-7-10(8-18(12)17-11)9-2-5-14-6-3-9/h2-3,5-6,10H,1,4,7-8,13H2,(H,15,16,17). The molecule has 6 heteroatoms. The van der Waals surface area contributed by atoms with Crippen molar-refractivity contribution < 1.29 is 0 Å². The number of aromatic nitrogens is 4. The van der Waals surface area contributed by atoms with E-state index in [9.17, 15) is 0 Å². The van der Waals surface area contributed by atoms with Crippen LogP contribution in [0.5, 0.6) is 0 Å². The Balaban J connectivity index is 1.80. The number of hydrogen-bond acceptors (Lipinski definition) is 5. The second-order valence-corrected chi connectivity index (χ2v) is 4.43. The van der Waals surface area contributed by atoms with E-state index in [1.807, 2.05) is 17.1 Å². The maximum atomic E-state index is 5.52. The molecular weight excluding hydrogens is 228 g/mol. The minimum Gasteiger partial charge on any atom is -0.354 e. The highest BCUT2D eigenvalue weighted by molar-refractivity contribution is 5.31. The summed E-state index contributed by atoms with van der Waals surface area (Å²) in [6.07, 6.45) is 4.37. The van der Waals surface area contributed by atoms with Crippen molar-refractivity contribution in [2.24, 2.45) is 5.73 Å². The first-order valence-electron chi connectivity index (χ1n) is 6.14. The predicted molar refractivity (Wildman–Crippen MR) is 68.2 cm³/mol. The fraction of sp³-hybridized carbons (Fsp3) is 0.417. The molecule has 0 bridgehead atoms. The van der Waals surface area contributed by atoms with Crippen LogP contribution in [0.15, 0.2) is 24.5 Å². The Labute approximate surface area is 105 Å². The van der Waals surface area contributed by atoms with E-state index in [4.69, 9.17) is 5.73 Å². The van der Waals surface area contributed by atoms with Crippen LogP contribution < -0.4 is 11.1 Å². The number of nitrogens with zero attached hydrogens (tertiary/aromatic N) is 4. The molecule has 2 aromatic rings. The van der Waals surface area contributed by atoms with E-state index in [1.165, 1.54) is 5.56 Å². The van der Waals surface area contributed by atoms with Crippen LogP contribution in [0.1, 0.15) is 17.3 Å². The number of pyridine rings is 1. The van der Waals surface area contributed by atoms with E-state index >= 15 is 0 Å². The Bertz CT molecular complexity index is 521. The molecule has 6 nitrogen and oxygen atoms in total. The number of nitrogens with one attached hydrogen (secondary N) is 1. The van der Waals surface area contributed by atoms with Gasteiger partial charge in [0.25, 0.3) is 0 Å². The molecule has 2 aromatic heterocycles. The molecule has 0 saturated heterocycles. The summed E-state index contributed by atoms with van der Waals surface area (Å²) in [5.41, 5.74) is 6.80. The van der Waals surface area contributed by atoms with Crippen molar-refractivity contribution in [3.05, 3.63) is 35.9 Å². The summed E-state index contributed by atoms with van der Waals surface area (Å²) < 4.78 is 1.93. The number of nitrogens with two attached hydrogens (primary N) is 1. The Kier molecular flexibility index (Phi) is 2.93. The smallest absolute Gasteiger partial charge is 0.221 e. The fourth-order valence-corrected chi connectivity index (χ4v) is 2.23. The fourth-order valence-electron chi connectivity index (χ4n) is 2.23. The summed E-state index contributed by atoms with van der Waals surface area (Å²) in [4.78, 5) is 8.46. The third-order valence-corrected chi connectivity index (χ3v) is 3.16. The van der Waals surface area contributed by atoms with E-state index in [-0.39, 0.29) is 0 Å². The third-order valence-electron chi connectivity index (χ3n) is 3.16. The molecule has 1 unspecified atom stereocenters. The SMILES string of the molecule is NCCc1nc2n(n1)CC(c1ccncc1)CN2. The van der Waals surface area contributed by atoms with Crippen LogP contribution in [0.25, 0.3) is 0 Å². The first-order chi connectivity index (χ1) is 8.86. The first kappa shape index (κ1) is 11.2. The van der Waals surface area contributed by atoms with E-state index in [0.29, 0.717) is 12.5 Å². The average molecular weight is 244 g/mol. The predicted octanol–water partition coefficient (Wildman–Crippen LogP) is 0.384. The molecule has 0 aromatic carbocycles. The molecule has 3 N–H and O–H groups in total. The van der Waals surface area contributed by atoms with Crippen molar-refractivity contribution in [1.29, 1.82) is 0 Å². The highest BCUT2D eigenvalue weighted by atomic mass is 15.4. The molecule has 0 spiro atoms. The summed E-state index contributed by atoms with van der Waals surface area (Å²) in [5.74, 6) is 2.08. The lowest BCUT2D eigenvalue weighted by atomic mass is 9.99. The highest BCUT2D eigenvalue weighted by Gasteiger charge is 2.22. The van der Waals surface area contributed by atoms with Gasteiger partial charge < -0.3 is 11.1 Å². The monoisotopic (exact) mass is 244 g/mol. The van der Waals surface area contributed by atoms with E-state index in [1.54, 1.807) is 0 Å². The number of hydrogen-bond donors (Lipinski definition) is 2. The normalized spacial score (nSPS) is 18.2. The molecule has 0 aliphatic carbocycles. The summed E-state index contributed by atoms with van der Waals surface area (Å²) >= 11 is 0. The quantitative estimate of drug-likeness (QED) is 0.816. The van der Waals surface area contributed by atoms with Crippen molar-refractivity contribution >= 4 is 5.95 Å². The van der Waals surface area contributed by atoms with Gasteiger partial charge in [-0.05, 0) is 24.2 Å². The lowest BCUT2D eigenvalue weighted by molar-refractivity contribution is 0.500. The van der Waals surface area contributed by atoms with Crippen molar-refractivity contribution in [2.45, 2.75) is 18.9 Å². The number of rotatable bonds is 3. The molecule has 0 radical (unpaired) electrons. The Morgan fingerprint density at radius 2 is 2.22 bits per heavy atom. The van der Waals surface area contributed by atoms with Gasteiger partial charge in [0.1, 0.15) is 0 Å². The molecule has 94 valence electrons. The van der Waals surface area contributed by atoms with Crippen LogP contribution >= 0.6 is 0 Å². The molecule has 0 saturated carbocycles. The molecule has 0 amide bonds. The van der Waals surface area contributed by atoms with Gasteiger partial charge >= 0.3 is 0 Å². The summed E-state index contributed by atoms with van der Waals surface area (Å²) in [6.45, 7) is 2.31. The Hall–Kier alpha value is -1.95. The lowest BCUT2D eigenvalue weighted by Gasteiger charge is -2.23. The van der Waals surface area contributed by atoms with Gasteiger partial charge in [0.2, 0.25) is 5.95 Å². The Morgan fingerprint density at radius 1 is 1.39 bits per heavy atom. The lowest BCUT2D eigenvalue weighted by Crippen LogP contribution is -2.26. The summed E-state index contributed by atoms with van der Waals surface area (Å²) in [5, 5.41) is 7.78. The largest absolute Gasteiger partial charge is 0.354 e. The minimum atomic E-state index is 0.410. The second kappa shape index (κ2) is 4.73. The van der Waals surface area contributed by atoms with Gasteiger partial charge in [0.15, 0.2) is 5.82 Å². The van der Waals surface area contributed by atoms with Gasteiger partial charge in [-0.3, -0.25) is 4.98 Å². The molecule has 1 atom stereocenters. The van der Waals surface area contributed by atoms with Crippen LogP contribution in [0.2, 0.25) is 0 Å².